The highest BCUT2D eigenvalue weighted by Gasteiger charge is 2.34. The monoisotopic (exact) mass is 359 g/mol. The van der Waals surface area contributed by atoms with Crippen molar-refractivity contribution >= 4 is 11.6 Å². The minimum Gasteiger partial charge on any atom is -0.508 e. The fourth-order valence-corrected chi connectivity index (χ4v) is 3.32. The van der Waals surface area contributed by atoms with Gasteiger partial charge in [-0.1, -0.05) is 47.6 Å². The number of rotatable bonds is 2. The summed E-state index contributed by atoms with van der Waals surface area (Å²) in [4.78, 5) is 12.5. The van der Waals surface area contributed by atoms with E-state index in [0.29, 0.717) is 22.9 Å². The Balaban J connectivity index is 1.83. The average Bonchev–Trinajstić information content (AvgIpc) is 3.17. The Labute approximate surface area is 152 Å². The summed E-state index contributed by atoms with van der Waals surface area (Å²) in [5, 5.41) is 31.3. The number of anilines is 2. The van der Waals surface area contributed by atoms with Crippen LogP contribution in [0.4, 0.5) is 11.6 Å². The molecule has 1 aliphatic heterocycles. The highest BCUT2D eigenvalue weighted by Crippen LogP contribution is 2.41. The third-order valence-corrected chi connectivity index (χ3v) is 4.52. The number of aromatic hydroxyl groups is 1. The van der Waals surface area contributed by atoms with Gasteiger partial charge in [0.1, 0.15) is 17.5 Å². The molecule has 0 bridgehead atoms. The summed E-state index contributed by atoms with van der Waals surface area (Å²) in [6, 6.07) is 15.8. The van der Waals surface area contributed by atoms with Crippen LogP contribution in [0.1, 0.15) is 17.2 Å². The van der Waals surface area contributed by atoms with Crippen LogP contribution >= 0.6 is 0 Å². The topological polar surface area (TPSA) is 122 Å². The second-order valence-electron chi connectivity index (χ2n) is 6.12. The molecule has 0 spiro atoms. The molecule has 5 rings (SSSR count). The number of H-pyrrole nitrogens is 1. The summed E-state index contributed by atoms with van der Waals surface area (Å²) in [7, 11) is 0. The van der Waals surface area contributed by atoms with Crippen molar-refractivity contribution in [2.24, 2.45) is 0 Å². The van der Waals surface area contributed by atoms with Gasteiger partial charge in [0.05, 0.1) is 5.69 Å². The Morgan fingerprint density at radius 1 is 1.04 bits per heavy atom. The van der Waals surface area contributed by atoms with E-state index in [0.717, 1.165) is 11.1 Å². The van der Waals surface area contributed by atoms with Gasteiger partial charge in [0.15, 0.2) is 0 Å². The molecular weight excluding hydrogens is 346 g/mol. The molecule has 9 nitrogen and oxygen atoms in total. The van der Waals surface area contributed by atoms with E-state index < -0.39 is 6.04 Å². The molecule has 0 saturated carbocycles. The van der Waals surface area contributed by atoms with Crippen LogP contribution in [0.2, 0.25) is 0 Å². The van der Waals surface area contributed by atoms with E-state index in [1.807, 2.05) is 30.3 Å². The zero-order valence-corrected chi connectivity index (χ0v) is 13.9. The predicted molar refractivity (Wildman–Crippen MR) is 96.7 cm³/mol. The number of phenolic OH excluding ortho intramolecular Hbond substituents is 1. The molecule has 2 aromatic heterocycles. The van der Waals surface area contributed by atoms with Crippen LogP contribution in [-0.4, -0.2) is 35.5 Å². The maximum absolute atomic E-state index is 12.5. The van der Waals surface area contributed by atoms with Gasteiger partial charge in [-0.05, 0) is 28.1 Å². The van der Waals surface area contributed by atoms with E-state index in [-0.39, 0.29) is 11.3 Å². The lowest BCUT2D eigenvalue weighted by Crippen LogP contribution is -2.29. The maximum atomic E-state index is 12.5. The fraction of sp³-hybridized carbons (Fsp3) is 0.0556. The second kappa shape index (κ2) is 5.77. The van der Waals surface area contributed by atoms with E-state index in [2.05, 4.69) is 31.0 Å². The first-order valence-electron chi connectivity index (χ1n) is 8.24. The summed E-state index contributed by atoms with van der Waals surface area (Å²) < 4.78 is 1.60. The number of phenols is 1. The van der Waals surface area contributed by atoms with Crippen LogP contribution in [-0.2, 0) is 0 Å². The summed E-state index contributed by atoms with van der Waals surface area (Å²) >= 11 is 0. The first-order chi connectivity index (χ1) is 13.2. The van der Waals surface area contributed by atoms with Gasteiger partial charge in [0.25, 0.3) is 5.56 Å². The summed E-state index contributed by atoms with van der Waals surface area (Å²) in [5.41, 5.74) is 2.94. The third-order valence-electron chi connectivity index (χ3n) is 4.52. The van der Waals surface area contributed by atoms with E-state index >= 15 is 0 Å². The summed E-state index contributed by atoms with van der Waals surface area (Å²) in [5.74, 6) is 0.508. The lowest BCUT2D eigenvalue weighted by molar-refractivity contribution is 0.474. The van der Waals surface area contributed by atoms with Gasteiger partial charge in [-0.2, -0.15) is 9.78 Å². The zero-order chi connectivity index (χ0) is 18.4. The number of fused-ring (bicyclic) bond motifs is 2. The molecule has 0 radical (unpaired) electrons. The van der Waals surface area contributed by atoms with Crippen molar-refractivity contribution in [2.45, 2.75) is 6.04 Å². The lowest BCUT2D eigenvalue weighted by Gasteiger charge is -2.27. The Morgan fingerprint density at radius 2 is 1.81 bits per heavy atom. The molecule has 0 amide bonds. The van der Waals surface area contributed by atoms with Crippen LogP contribution in [0.25, 0.3) is 11.3 Å². The van der Waals surface area contributed by atoms with Crippen molar-refractivity contribution in [2.75, 3.05) is 5.32 Å². The second-order valence-corrected chi connectivity index (χ2v) is 6.12. The number of benzene rings is 2. The van der Waals surface area contributed by atoms with Crippen LogP contribution in [0.5, 0.6) is 5.75 Å². The molecule has 3 heterocycles. The SMILES string of the molecule is O=c1[nH]nc(-c2ccccc2)c2c1Nc1nnnn1[C@@H]2c1ccc(O)cc1. The number of hydrogen-bond acceptors (Lipinski definition) is 7. The number of hydrogen-bond donors (Lipinski definition) is 3. The molecule has 4 aromatic rings. The number of aromatic amines is 1. The molecule has 0 saturated heterocycles. The van der Waals surface area contributed by atoms with Gasteiger partial charge < -0.3 is 10.4 Å². The Hall–Kier alpha value is -4.01. The number of aromatic nitrogens is 6. The van der Waals surface area contributed by atoms with Crippen molar-refractivity contribution < 1.29 is 5.11 Å². The van der Waals surface area contributed by atoms with Crippen LogP contribution in [0.15, 0.2) is 59.4 Å². The molecule has 9 heteroatoms. The lowest BCUT2D eigenvalue weighted by atomic mass is 9.92. The molecule has 0 fully saturated rings. The van der Waals surface area contributed by atoms with E-state index in [4.69, 9.17) is 0 Å². The van der Waals surface area contributed by atoms with Crippen LogP contribution < -0.4 is 10.9 Å². The molecular formula is C18H13N7O2. The molecule has 1 aliphatic rings. The average molecular weight is 359 g/mol. The smallest absolute Gasteiger partial charge is 0.288 e. The first-order valence-corrected chi connectivity index (χ1v) is 8.24. The van der Waals surface area contributed by atoms with Crippen molar-refractivity contribution in [1.29, 1.82) is 0 Å². The molecule has 0 unspecified atom stereocenters. The normalized spacial score (nSPS) is 14.9. The largest absolute Gasteiger partial charge is 0.508 e. The third kappa shape index (κ3) is 2.36. The molecule has 2 aromatic carbocycles. The highest BCUT2D eigenvalue weighted by molar-refractivity contribution is 5.75. The highest BCUT2D eigenvalue weighted by atomic mass is 16.3. The van der Waals surface area contributed by atoms with Gasteiger partial charge in [-0.15, -0.1) is 0 Å². The van der Waals surface area contributed by atoms with E-state index in [1.165, 1.54) is 0 Å². The van der Waals surface area contributed by atoms with Gasteiger partial charge in [0, 0.05) is 11.1 Å². The number of nitrogens with one attached hydrogen (secondary N) is 2. The van der Waals surface area contributed by atoms with Crippen LogP contribution in [0.3, 0.4) is 0 Å². The van der Waals surface area contributed by atoms with Crippen LogP contribution in [0, 0.1) is 0 Å². The van der Waals surface area contributed by atoms with Gasteiger partial charge >= 0.3 is 0 Å². The molecule has 132 valence electrons. The standard InChI is InChI=1S/C18H13N7O2/c26-12-8-6-11(7-9-12)16-13-14(10-4-2-1-3-5-10)20-21-17(27)15(13)19-18-22-23-24-25(16)18/h1-9,16,26H,(H,21,27)(H,19,22,24)/t16-/m1/s1. The summed E-state index contributed by atoms with van der Waals surface area (Å²) in [6.45, 7) is 0. The van der Waals surface area contributed by atoms with E-state index in [9.17, 15) is 9.90 Å². The molecule has 0 aliphatic carbocycles. The Bertz CT molecular complexity index is 1180. The van der Waals surface area contributed by atoms with E-state index in [1.54, 1.807) is 28.9 Å². The maximum Gasteiger partial charge on any atom is 0.288 e. The molecule has 1 atom stereocenters. The Morgan fingerprint density at radius 3 is 2.59 bits per heavy atom. The zero-order valence-electron chi connectivity index (χ0n) is 13.9. The Kier molecular flexibility index (Phi) is 3.26. The summed E-state index contributed by atoms with van der Waals surface area (Å²) in [6.07, 6.45) is 0. The van der Waals surface area contributed by atoms with Crippen molar-refractivity contribution in [3.05, 3.63) is 76.1 Å². The predicted octanol–water partition coefficient (Wildman–Crippen LogP) is 1.82. The van der Waals surface area contributed by atoms with Crippen molar-refractivity contribution in [3.63, 3.8) is 0 Å². The molecule has 27 heavy (non-hydrogen) atoms. The number of tetrazole rings is 1. The first kappa shape index (κ1) is 15.3. The molecule has 3 N–H and O–H groups in total. The van der Waals surface area contributed by atoms with Gasteiger partial charge in [0.2, 0.25) is 5.95 Å². The minimum atomic E-state index is -0.475. The number of nitrogens with zero attached hydrogens (tertiary/aromatic N) is 5. The van der Waals surface area contributed by atoms with Gasteiger partial charge in [-0.25, -0.2) is 5.10 Å². The van der Waals surface area contributed by atoms with Crippen molar-refractivity contribution in [1.82, 2.24) is 30.4 Å². The van der Waals surface area contributed by atoms with Gasteiger partial charge in [-0.3, -0.25) is 4.79 Å². The quantitative estimate of drug-likeness (QED) is 0.439. The van der Waals surface area contributed by atoms with Crippen molar-refractivity contribution in [3.8, 4) is 17.0 Å². The minimum absolute atomic E-state index is 0.150. The fourth-order valence-electron chi connectivity index (χ4n) is 3.32.